The summed E-state index contributed by atoms with van der Waals surface area (Å²) < 4.78 is 18.3. The van der Waals surface area contributed by atoms with Crippen molar-refractivity contribution in [1.82, 2.24) is 5.32 Å². The van der Waals surface area contributed by atoms with Crippen molar-refractivity contribution in [3.63, 3.8) is 0 Å². The van der Waals surface area contributed by atoms with Crippen LogP contribution in [0.25, 0.3) is 0 Å². The lowest BCUT2D eigenvalue weighted by Crippen LogP contribution is -2.43. The van der Waals surface area contributed by atoms with Gasteiger partial charge in [-0.3, -0.25) is 9.59 Å². The van der Waals surface area contributed by atoms with Gasteiger partial charge in [-0.2, -0.15) is 0 Å². The van der Waals surface area contributed by atoms with E-state index >= 15 is 0 Å². The maximum atomic E-state index is 12.8. The maximum Gasteiger partial charge on any atom is 0.307 e. The van der Waals surface area contributed by atoms with Crippen molar-refractivity contribution >= 4 is 11.9 Å². The highest BCUT2D eigenvalue weighted by molar-refractivity contribution is 5.87. The molecule has 0 radical (unpaired) electrons. The van der Waals surface area contributed by atoms with E-state index in [1.165, 1.54) is 12.1 Å². The normalized spacial score (nSPS) is 22.3. The monoisotopic (exact) mass is 319 g/mol. The van der Waals surface area contributed by atoms with E-state index in [-0.39, 0.29) is 30.0 Å². The number of hydrogen-bond donors (Lipinski definition) is 1. The second-order valence-electron chi connectivity index (χ2n) is 6.52. The number of ether oxygens (including phenoxy) is 1. The van der Waals surface area contributed by atoms with Crippen molar-refractivity contribution in [1.29, 1.82) is 0 Å². The number of carbonyl (C=O) groups is 2. The molecular weight excluding hydrogens is 297 g/mol. The van der Waals surface area contributed by atoms with Crippen molar-refractivity contribution in [3.8, 4) is 0 Å². The maximum absolute atomic E-state index is 12.8. The Kier molecular flexibility index (Phi) is 4.64. The lowest BCUT2D eigenvalue weighted by Gasteiger charge is -2.27. The summed E-state index contributed by atoms with van der Waals surface area (Å²) in [4.78, 5) is 24.0. The van der Waals surface area contributed by atoms with Gasteiger partial charge in [-0.25, -0.2) is 4.39 Å². The smallest absolute Gasteiger partial charge is 0.307 e. The SMILES string of the molecule is O=C1CC(C(=O)NCCCc2ccc(F)cc2)C2(CCCC2)O1. The molecule has 0 bridgehead atoms. The zero-order chi connectivity index (χ0) is 16.3. The second-order valence-corrected chi connectivity index (χ2v) is 6.52. The van der Waals surface area contributed by atoms with Crippen molar-refractivity contribution in [3.05, 3.63) is 35.6 Å². The largest absolute Gasteiger partial charge is 0.458 e. The van der Waals surface area contributed by atoms with Crippen LogP contribution in [0.4, 0.5) is 4.39 Å². The van der Waals surface area contributed by atoms with Crippen LogP contribution in [0.3, 0.4) is 0 Å². The predicted octanol–water partition coefficient (Wildman–Crippen LogP) is 2.75. The highest BCUT2D eigenvalue weighted by atomic mass is 19.1. The van der Waals surface area contributed by atoms with E-state index in [1.807, 2.05) is 0 Å². The Morgan fingerprint density at radius 3 is 2.65 bits per heavy atom. The zero-order valence-corrected chi connectivity index (χ0v) is 13.1. The van der Waals surface area contributed by atoms with Crippen LogP contribution >= 0.6 is 0 Å². The van der Waals surface area contributed by atoms with E-state index in [4.69, 9.17) is 4.74 Å². The lowest BCUT2D eigenvalue weighted by molar-refractivity contribution is -0.149. The zero-order valence-electron chi connectivity index (χ0n) is 13.1. The molecule has 5 heteroatoms. The van der Waals surface area contributed by atoms with Crippen molar-refractivity contribution in [2.75, 3.05) is 6.54 Å². The molecule has 1 heterocycles. The van der Waals surface area contributed by atoms with Gasteiger partial charge in [0.05, 0.1) is 12.3 Å². The topological polar surface area (TPSA) is 55.4 Å². The van der Waals surface area contributed by atoms with Gasteiger partial charge in [0.15, 0.2) is 0 Å². The molecule has 1 atom stereocenters. The molecule has 2 fully saturated rings. The van der Waals surface area contributed by atoms with Crippen LogP contribution in [-0.4, -0.2) is 24.0 Å². The molecule has 1 saturated carbocycles. The molecule has 1 aromatic carbocycles. The van der Waals surface area contributed by atoms with E-state index < -0.39 is 5.60 Å². The lowest BCUT2D eigenvalue weighted by atomic mass is 9.85. The van der Waals surface area contributed by atoms with E-state index in [0.717, 1.165) is 44.1 Å². The molecule has 124 valence electrons. The first-order valence-corrected chi connectivity index (χ1v) is 8.33. The fourth-order valence-electron chi connectivity index (χ4n) is 3.73. The van der Waals surface area contributed by atoms with Gasteiger partial charge in [-0.15, -0.1) is 0 Å². The number of aryl methyl sites for hydroxylation is 1. The van der Waals surface area contributed by atoms with Gasteiger partial charge in [0, 0.05) is 6.54 Å². The molecule has 1 amide bonds. The third-order valence-corrected chi connectivity index (χ3v) is 4.94. The van der Waals surface area contributed by atoms with E-state index in [0.29, 0.717) is 6.54 Å². The van der Waals surface area contributed by atoms with Crippen molar-refractivity contribution in [2.24, 2.45) is 5.92 Å². The van der Waals surface area contributed by atoms with E-state index in [9.17, 15) is 14.0 Å². The highest BCUT2D eigenvalue weighted by Crippen LogP contribution is 2.45. The predicted molar refractivity (Wildman–Crippen MR) is 83.1 cm³/mol. The molecule has 1 spiro atoms. The number of halogens is 1. The Morgan fingerprint density at radius 1 is 1.26 bits per heavy atom. The Balaban J connectivity index is 1.47. The summed E-state index contributed by atoms with van der Waals surface area (Å²) in [6.45, 7) is 0.553. The Morgan fingerprint density at radius 2 is 1.96 bits per heavy atom. The number of benzene rings is 1. The van der Waals surface area contributed by atoms with Crippen molar-refractivity contribution < 1.29 is 18.7 Å². The average Bonchev–Trinajstić information content (AvgIpc) is 3.12. The summed E-state index contributed by atoms with van der Waals surface area (Å²) in [6, 6.07) is 6.40. The Hall–Kier alpha value is -1.91. The van der Waals surface area contributed by atoms with Crippen LogP contribution in [0.5, 0.6) is 0 Å². The fraction of sp³-hybridized carbons (Fsp3) is 0.556. The summed E-state index contributed by atoms with van der Waals surface area (Å²) in [5.74, 6) is -0.909. The summed E-state index contributed by atoms with van der Waals surface area (Å²) >= 11 is 0. The molecule has 1 saturated heterocycles. The molecule has 4 nitrogen and oxygen atoms in total. The third-order valence-electron chi connectivity index (χ3n) is 4.94. The molecule has 1 N–H and O–H groups in total. The first-order chi connectivity index (χ1) is 11.1. The summed E-state index contributed by atoms with van der Waals surface area (Å²) in [6.07, 6.45) is 5.39. The quantitative estimate of drug-likeness (QED) is 0.671. The number of rotatable bonds is 5. The van der Waals surface area contributed by atoms with E-state index in [1.54, 1.807) is 12.1 Å². The minimum Gasteiger partial charge on any atom is -0.458 e. The second kappa shape index (κ2) is 6.69. The molecule has 1 aliphatic carbocycles. The van der Waals surface area contributed by atoms with Gasteiger partial charge in [0.2, 0.25) is 5.91 Å². The Bertz CT molecular complexity index is 578. The van der Waals surface area contributed by atoms with Gasteiger partial charge in [0.1, 0.15) is 11.4 Å². The molecule has 2 aliphatic rings. The average molecular weight is 319 g/mol. The van der Waals surface area contributed by atoms with Gasteiger partial charge in [-0.05, 0) is 56.2 Å². The molecule has 1 unspecified atom stereocenters. The van der Waals surface area contributed by atoms with Crippen molar-refractivity contribution in [2.45, 2.75) is 50.5 Å². The number of nitrogens with one attached hydrogen (secondary N) is 1. The molecule has 3 rings (SSSR count). The summed E-state index contributed by atoms with van der Waals surface area (Å²) in [7, 11) is 0. The van der Waals surface area contributed by atoms with Gasteiger partial charge >= 0.3 is 5.97 Å². The summed E-state index contributed by atoms with van der Waals surface area (Å²) in [5, 5.41) is 2.93. The van der Waals surface area contributed by atoms with Crippen LogP contribution in [0.1, 0.15) is 44.1 Å². The number of amides is 1. The molecule has 0 aromatic heterocycles. The molecule has 1 aromatic rings. The molecule has 23 heavy (non-hydrogen) atoms. The number of esters is 1. The van der Waals surface area contributed by atoms with Crippen LogP contribution in [-0.2, 0) is 20.7 Å². The highest BCUT2D eigenvalue weighted by Gasteiger charge is 2.53. The molecular formula is C18H22FNO3. The van der Waals surface area contributed by atoms with E-state index in [2.05, 4.69) is 5.32 Å². The van der Waals surface area contributed by atoms with Gasteiger partial charge in [0.25, 0.3) is 0 Å². The minimum atomic E-state index is -0.544. The van der Waals surface area contributed by atoms with Crippen LogP contribution in [0.2, 0.25) is 0 Å². The molecule has 1 aliphatic heterocycles. The van der Waals surface area contributed by atoms with Crippen LogP contribution in [0, 0.1) is 11.7 Å². The number of carbonyl (C=O) groups excluding carboxylic acids is 2. The minimum absolute atomic E-state index is 0.0724. The first-order valence-electron chi connectivity index (χ1n) is 8.33. The Labute approximate surface area is 135 Å². The van der Waals surface area contributed by atoms with Crippen LogP contribution < -0.4 is 5.32 Å². The van der Waals surface area contributed by atoms with Gasteiger partial charge in [-0.1, -0.05) is 12.1 Å². The number of hydrogen-bond acceptors (Lipinski definition) is 3. The van der Waals surface area contributed by atoms with Crippen LogP contribution in [0.15, 0.2) is 24.3 Å². The fourth-order valence-corrected chi connectivity index (χ4v) is 3.73. The third kappa shape index (κ3) is 3.54. The summed E-state index contributed by atoms with van der Waals surface area (Å²) in [5.41, 5.74) is 0.505. The first kappa shape index (κ1) is 16.0. The van der Waals surface area contributed by atoms with Gasteiger partial charge < -0.3 is 10.1 Å². The standard InChI is InChI=1S/C18H22FNO3/c19-14-7-5-13(6-8-14)4-3-11-20-17(22)15-12-16(21)23-18(15)9-1-2-10-18/h5-8,15H,1-4,9-12H2,(H,20,22).